The molecule has 100 valence electrons. The lowest BCUT2D eigenvalue weighted by molar-refractivity contribution is -0.169. The second-order valence-corrected chi connectivity index (χ2v) is 4.84. The van der Waals surface area contributed by atoms with E-state index >= 15 is 0 Å². The van der Waals surface area contributed by atoms with Crippen LogP contribution in [0.25, 0.3) is 0 Å². The second-order valence-electron chi connectivity index (χ2n) is 4.84. The third-order valence-electron chi connectivity index (χ3n) is 3.05. The van der Waals surface area contributed by atoms with Gasteiger partial charge < -0.3 is 0 Å². The van der Waals surface area contributed by atoms with Crippen molar-refractivity contribution in [2.24, 2.45) is 0 Å². The summed E-state index contributed by atoms with van der Waals surface area (Å²) in [6, 6.07) is 20.9. The summed E-state index contributed by atoms with van der Waals surface area (Å²) < 4.78 is 0. The Kier molecular flexibility index (Phi) is 5.13. The van der Waals surface area contributed by atoms with Crippen molar-refractivity contribution in [3.8, 4) is 0 Å². The molecule has 2 rings (SSSR count). The predicted molar refractivity (Wildman–Crippen MR) is 78.7 cm³/mol. The minimum atomic E-state index is 0.108. The molecule has 2 aromatic rings. The highest BCUT2D eigenvalue weighted by Crippen LogP contribution is 2.23. The van der Waals surface area contributed by atoms with E-state index in [1.807, 2.05) is 20.2 Å². The van der Waals surface area contributed by atoms with Crippen LogP contribution in [0.5, 0.6) is 0 Å². The highest BCUT2D eigenvalue weighted by atomic mass is 16.7. The normalized spacial score (nSPS) is 12.6. The molecule has 0 aromatic heterocycles. The Morgan fingerprint density at radius 3 is 2.05 bits per heavy atom. The van der Waals surface area contributed by atoms with Gasteiger partial charge in [-0.15, -0.1) is 0 Å². The van der Waals surface area contributed by atoms with E-state index in [0.29, 0.717) is 0 Å². The van der Waals surface area contributed by atoms with E-state index < -0.39 is 0 Å². The van der Waals surface area contributed by atoms with E-state index in [2.05, 4.69) is 54.6 Å². The van der Waals surface area contributed by atoms with Gasteiger partial charge >= 0.3 is 0 Å². The Hall–Kier alpha value is -1.64. The van der Waals surface area contributed by atoms with Crippen LogP contribution >= 0.6 is 0 Å². The molecule has 0 aliphatic carbocycles. The van der Waals surface area contributed by atoms with Crippen LogP contribution in [0, 0.1) is 0 Å². The van der Waals surface area contributed by atoms with E-state index in [1.54, 1.807) is 5.06 Å². The Labute approximate surface area is 115 Å². The molecule has 0 amide bonds. The van der Waals surface area contributed by atoms with Gasteiger partial charge in [-0.3, -0.25) is 4.84 Å². The fourth-order valence-electron chi connectivity index (χ4n) is 2.14. The molecule has 0 fully saturated rings. The lowest BCUT2D eigenvalue weighted by Crippen LogP contribution is -2.18. The molecule has 2 nitrogen and oxygen atoms in total. The molecular weight excluding hydrogens is 234 g/mol. The third-order valence-corrected chi connectivity index (χ3v) is 3.05. The highest BCUT2D eigenvalue weighted by Gasteiger charge is 2.13. The Balaban J connectivity index is 2.02. The number of rotatable bonds is 6. The third kappa shape index (κ3) is 4.51. The van der Waals surface area contributed by atoms with Crippen LogP contribution in [-0.2, 0) is 11.3 Å². The first-order valence-electron chi connectivity index (χ1n) is 6.68. The molecule has 0 radical (unpaired) electrons. The van der Waals surface area contributed by atoms with Gasteiger partial charge in [0.25, 0.3) is 0 Å². The number of nitrogens with zero attached hydrogens (tertiary/aromatic N) is 1. The number of benzene rings is 2. The van der Waals surface area contributed by atoms with Crippen LogP contribution < -0.4 is 0 Å². The second kappa shape index (κ2) is 7.07. The quantitative estimate of drug-likeness (QED) is 0.727. The molecule has 1 unspecified atom stereocenters. The van der Waals surface area contributed by atoms with Crippen LogP contribution in [-0.4, -0.2) is 19.2 Å². The molecule has 0 N–H and O–H groups in total. The van der Waals surface area contributed by atoms with E-state index in [-0.39, 0.29) is 6.10 Å². The highest BCUT2D eigenvalue weighted by molar-refractivity contribution is 5.19. The van der Waals surface area contributed by atoms with E-state index in [9.17, 15) is 0 Å². The largest absolute Gasteiger partial charge is 0.291 e. The summed E-state index contributed by atoms with van der Waals surface area (Å²) in [5, 5.41) is 1.78. The van der Waals surface area contributed by atoms with Gasteiger partial charge in [0.15, 0.2) is 0 Å². The lowest BCUT2D eigenvalue weighted by atomic mass is 10.0. The molecule has 1 atom stereocenters. The summed E-state index contributed by atoms with van der Waals surface area (Å²) in [7, 11) is 3.86. The first kappa shape index (κ1) is 13.8. The summed E-state index contributed by atoms with van der Waals surface area (Å²) in [4.78, 5) is 5.89. The topological polar surface area (TPSA) is 12.5 Å². The maximum Gasteiger partial charge on any atom is 0.105 e. The van der Waals surface area contributed by atoms with Gasteiger partial charge in [-0.1, -0.05) is 60.7 Å². The molecular formula is C17H21NO. The molecule has 0 saturated carbocycles. The van der Waals surface area contributed by atoms with Crippen molar-refractivity contribution < 1.29 is 4.84 Å². The average molecular weight is 255 g/mol. The van der Waals surface area contributed by atoms with Crippen LogP contribution in [0.15, 0.2) is 60.7 Å². The summed E-state index contributed by atoms with van der Waals surface area (Å²) in [6.07, 6.45) is 2.11. The molecule has 0 heterocycles. The standard InChI is InChI=1S/C17H21NO/c1-18(2)19-17(16-11-7-4-8-12-16)14-13-15-9-5-3-6-10-15/h3-12,17H,13-14H2,1-2H3. The van der Waals surface area contributed by atoms with Crippen LogP contribution in [0.3, 0.4) is 0 Å². The van der Waals surface area contributed by atoms with Crippen LogP contribution in [0.4, 0.5) is 0 Å². The molecule has 0 bridgehead atoms. The number of hydroxylamine groups is 2. The first-order chi connectivity index (χ1) is 9.25. The first-order valence-corrected chi connectivity index (χ1v) is 6.68. The fraction of sp³-hybridized carbons (Fsp3) is 0.294. The van der Waals surface area contributed by atoms with Gasteiger partial charge in [-0.05, 0) is 24.0 Å². The molecule has 0 saturated heterocycles. The lowest BCUT2D eigenvalue weighted by Gasteiger charge is -2.22. The van der Waals surface area contributed by atoms with Crippen molar-refractivity contribution in [1.82, 2.24) is 5.06 Å². The van der Waals surface area contributed by atoms with Gasteiger partial charge in [0.2, 0.25) is 0 Å². The van der Waals surface area contributed by atoms with Crippen molar-refractivity contribution in [2.75, 3.05) is 14.1 Å². The van der Waals surface area contributed by atoms with Gasteiger partial charge in [0, 0.05) is 14.1 Å². The van der Waals surface area contributed by atoms with E-state index in [0.717, 1.165) is 12.8 Å². The molecule has 0 aliphatic rings. The summed E-state index contributed by atoms with van der Waals surface area (Å²) in [5.74, 6) is 0. The molecule has 2 aromatic carbocycles. The zero-order valence-electron chi connectivity index (χ0n) is 11.6. The predicted octanol–water partition coefficient (Wildman–Crippen LogP) is 3.85. The van der Waals surface area contributed by atoms with Gasteiger partial charge in [-0.25, -0.2) is 0 Å². The number of aryl methyl sites for hydroxylation is 1. The number of hydrogen-bond acceptors (Lipinski definition) is 2. The maximum absolute atomic E-state index is 5.89. The van der Waals surface area contributed by atoms with Crippen molar-refractivity contribution in [3.63, 3.8) is 0 Å². The van der Waals surface area contributed by atoms with Gasteiger partial charge in [-0.2, -0.15) is 5.06 Å². The SMILES string of the molecule is CN(C)OC(CCc1ccccc1)c1ccccc1. The molecule has 2 heteroatoms. The molecule has 19 heavy (non-hydrogen) atoms. The maximum atomic E-state index is 5.89. The molecule has 0 spiro atoms. The summed E-state index contributed by atoms with van der Waals surface area (Å²) in [5.41, 5.74) is 2.58. The smallest absolute Gasteiger partial charge is 0.105 e. The zero-order chi connectivity index (χ0) is 13.5. The van der Waals surface area contributed by atoms with Crippen LogP contribution in [0.2, 0.25) is 0 Å². The fourth-order valence-corrected chi connectivity index (χ4v) is 2.14. The van der Waals surface area contributed by atoms with E-state index in [1.165, 1.54) is 11.1 Å². The van der Waals surface area contributed by atoms with Gasteiger partial charge in [0.1, 0.15) is 6.10 Å². The Morgan fingerprint density at radius 2 is 1.47 bits per heavy atom. The Bertz CT molecular complexity index is 467. The van der Waals surface area contributed by atoms with Crippen LogP contribution in [0.1, 0.15) is 23.7 Å². The summed E-state index contributed by atoms with van der Waals surface area (Å²) >= 11 is 0. The monoisotopic (exact) mass is 255 g/mol. The van der Waals surface area contributed by atoms with Crippen molar-refractivity contribution >= 4 is 0 Å². The van der Waals surface area contributed by atoms with Crippen molar-refractivity contribution in [1.29, 1.82) is 0 Å². The number of hydrogen-bond donors (Lipinski definition) is 0. The van der Waals surface area contributed by atoms with Gasteiger partial charge in [0.05, 0.1) is 0 Å². The minimum Gasteiger partial charge on any atom is -0.291 e. The van der Waals surface area contributed by atoms with Crippen molar-refractivity contribution in [3.05, 3.63) is 71.8 Å². The minimum absolute atomic E-state index is 0.108. The summed E-state index contributed by atoms with van der Waals surface area (Å²) in [6.45, 7) is 0. The molecule has 0 aliphatic heterocycles. The van der Waals surface area contributed by atoms with Crippen molar-refractivity contribution in [2.45, 2.75) is 18.9 Å². The zero-order valence-corrected chi connectivity index (χ0v) is 11.6. The Morgan fingerprint density at radius 1 is 0.895 bits per heavy atom. The average Bonchev–Trinajstić information content (AvgIpc) is 2.45. The van der Waals surface area contributed by atoms with E-state index in [4.69, 9.17) is 4.84 Å².